The SMILES string of the molecule is COc1c(CN2O[C@@H](CO)[C@@H]([C@H](C)O)[C@H]2C(=O)N[C@H]2C[C@@H]3C[C@H]([C@@H]2C)C3(C)C)cccc1-c1cc(CN)cc(C(=O)N[C@@H](Cc2ccccc2)CN(C)C)c1. The van der Waals surface area contributed by atoms with Crippen LogP contribution in [0.5, 0.6) is 5.75 Å². The summed E-state index contributed by atoms with van der Waals surface area (Å²) in [7, 11) is 5.58. The Morgan fingerprint density at radius 3 is 2.44 bits per heavy atom. The first kappa shape index (κ1) is 40.8. The Morgan fingerprint density at radius 1 is 1.07 bits per heavy atom. The standard InChI is InChI=1S/C44H61N5O6/c1-26-36-20-33(44(36,3)4)21-37(26)47-43(53)40-39(27(2)51)38(25-50)55-49(40)23-30-14-11-15-35(41(30)54-7)31-16-29(22-45)17-32(19-31)42(52)46-34(24-48(5)6)18-28-12-9-8-10-13-28/h8-17,19,26-27,33-34,36-40,50-51H,18,20-25,45H2,1-7H3,(H,46,52)(H,47,53)/t26-,27-,33-,34-,36+,37-,38-,39+,40-/m0/s1. The van der Waals surface area contributed by atoms with Gasteiger partial charge in [-0.25, -0.2) is 0 Å². The molecule has 9 atom stereocenters. The van der Waals surface area contributed by atoms with E-state index in [9.17, 15) is 19.8 Å². The van der Waals surface area contributed by atoms with E-state index in [1.54, 1.807) is 19.1 Å². The molecule has 11 heteroatoms. The zero-order valence-electron chi connectivity index (χ0n) is 33.5. The quantitative estimate of drug-likeness (QED) is 0.152. The van der Waals surface area contributed by atoms with Gasteiger partial charge in [-0.2, -0.15) is 5.06 Å². The summed E-state index contributed by atoms with van der Waals surface area (Å²) < 4.78 is 6.07. The van der Waals surface area contributed by atoms with Gasteiger partial charge in [-0.15, -0.1) is 0 Å². The van der Waals surface area contributed by atoms with E-state index in [0.29, 0.717) is 42.0 Å². The molecule has 11 nitrogen and oxygen atoms in total. The second-order valence-corrected chi connectivity index (χ2v) is 17.0. The molecule has 298 valence electrons. The molecule has 0 spiro atoms. The van der Waals surface area contributed by atoms with Gasteiger partial charge < -0.3 is 36.2 Å². The summed E-state index contributed by atoms with van der Waals surface area (Å²) in [6.07, 6.45) is 1.14. The average Bonchev–Trinajstić information content (AvgIpc) is 3.53. The molecule has 7 rings (SSSR count). The van der Waals surface area contributed by atoms with Gasteiger partial charge >= 0.3 is 0 Å². The number of ether oxygens (including phenoxy) is 1. The number of nitrogens with two attached hydrogens (primary N) is 1. The summed E-state index contributed by atoms with van der Waals surface area (Å²) in [5.74, 6) is 0.955. The number of fused-ring (bicyclic) bond motifs is 2. The lowest BCUT2D eigenvalue weighted by Crippen LogP contribution is -2.62. The topological polar surface area (TPSA) is 150 Å². The van der Waals surface area contributed by atoms with Crippen LogP contribution in [0.1, 0.15) is 67.6 Å². The molecule has 1 heterocycles. The summed E-state index contributed by atoms with van der Waals surface area (Å²) >= 11 is 0. The van der Waals surface area contributed by atoms with Crippen molar-refractivity contribution in [2.45, 2.75) is 90.4 Å². The van der Waals surface area contributed by atoms with Gasteiger partial charge in [0, 0.05) is 47.8 Å². The highest BCUT2D eigenvalue weighted by Crippen LogP contribution is 2.61. The van der Waals surface area contributed by atoms with Crippen molar-refractivity contribution in [2.24, 2.45) is 34.8 Å². The molecule has 0 aromatic heterocycles. The lowest BCUT2D eigenvalue weighted by molar-refractivity contribution is -0.183. The third kappa shape index (κ3) is 8.62. The van der Waals surface area contributed by atoms with E-state index in [4.69, 9.17) is 15.3 Å². The predicted molar refractivity (Wildman–Crippen MR) is 214 cm³/mol. The molecule has 3 saturated carbocycles. The van der Waals surface area contributed by atoms with Crippen molar-refractivity contribution in [2.75, 3.05) is 34.4 Å². The van der Waals surface area contributed by atoms with E-state index in [1.807, 2.05) is 68.7 Å². The van der Waals surface area contributed by atoms with Gasteiger partial charge in [0.2, 0.25) is 5.91 Å². The van der Waals surface area contributed by atoms with Crippen LogP contribution in [0, 0.1) is 29.1 Å². The summed E-state index contributed by atoms with van der Waals surface area (Å²) in [5, 5.41) is 29.5. The van der Waals surface area contributed by atoms with Crippen molar-refractivity contribution in [3.63, 3.8) is 0 Å². The molecule has 2 bridgehead atoms. The Hall–Kier alpha value is -3.84. The van der Waals surface area contributed by atoms with Crippen LogP contribution in [0.4, 0.5) is 0 Å². The van der Waals surface area contributed by atoms with Crippen molar-refractivity contribution >= 4 is 11.8 Å². The molecular weight excluding hydrogens is 695 g/mol. The molecule has 1 aliphatic heterocycles. The maximum absolute atomic E-state index is 14.3. The summed E-state index contributed by atoms with van der Waals surface area (Å²) in [4.78, 5) is 36.5. The zero-order chi connectivity index (χ0) is 39.6. The first-order valence-corrected chi connectivity index (χ1v) is 19.8. The number of methoxy groups -OCH3 is 1. The molecule has 55 heavy (non-hydrogen) atoms. The highest BCUT2D eigenvalue weighted by Gasteiger charge is 2.57. The third-order valence-electron chi connectivity index (χ3n) is 12.7. The number of hydrogen-bond acceptors (Lipinski definition) is 9. The number of hydrogen-bond donors (Lipinski definition) is 5. The van der Waals surface area contributed by atoms with Crippen LogP contribution in [-0.4, -0.2) is 96.7 Å². The molecule has 1 saturated heterocycles. The number of nitrogens with one attached hydrogen (secondary N) is 2. The molecular formula is C44H61N5O6. The molecule has 3 aromatic carbocycles. The average molecular weight is 756 g/mol. The molecule has 0 radical (unpaired) electrons. The Kier molecular flexibility index (Phi) is 12.7. The van der Waals surface area contributed by atoms with Crippen molar-refractivity contribution in [3.8, 4) is 16.9 Å². The Morgan fingerprint density at radius 2 is 1.82 bits per heavy atom. The van der Waals surface area contributed by atoms with Gasteiger partial charge in [-0.05, 0) is 98.3 Å². The van der Waals surface area contributed by atoms with Crippen LogP contribution in [0.3, 0.4) is 0 Å². The monoisotopic (exact) mass is 755 g/mol. The highest BCUT2D eigenvalue weighted by molar-refractivity contribution is 5.96. The highest BCUT2D eigenvalue weighted by atomic mass is 16.7. The van der Waals surface area contributed by atoms with Crippen LogP contribution >= 0.6 is 0 Å². The Bertz CT molecular complexity index is 1800. The number of carbonyl (C=O) groups excluding carboxylic acids is 2. The van der Waals surface area contributed by atoms with Gasteiger partial charge in [0.25, 0.3) is 5.91 Å². The van der Waals surface area contributed by atoms with Crippen LogP contribution in [0.2, 0.25) is 0 Å². The fourth-order valence-electron chi connectivity index (χ4n) is 9.70. The number of hydroxylamine groups is 2. The van der Waals surface area contributed by atoms with Crippen molar-refractivity contribution < 1.29 is 29.4 Å². The minimum Gasteiger partial charge on any atom is -0.496 e. The van der Waals surface area contributed by atoms with Gasteiger partial charge in [-0.1, -0.05) is 69.3 Å². The molecule has 4 fully saturated rings. The normalized spacial score (nSPS) is 26.9. The second kappa shape index (κ2) is 17.1. The number of nitrogens with zero attached hydrogens (tertiary/aromatic N) is 2. The van der Waals surface area contributed by atoms with Crippen LogP contribution in [-0.2, 0) is 29.1 Å². The smallest absolute Gasteiger partial charge is 0.251 e. The van der Waals surface area contributed by atoms with E-state index < -0.39 is 24.2 Å². The van der Waals surface area contributed by atoms with Crippen molar-refractivity contribution in [1.29, 1.82) is 0 Å². The van der Waals surface area contributed by atoms with Gasteiger partial charge in [0.1, 0.15) is 17.9 Å². The molecule has 0 unspecified atom stereocenters. The first-order chi connectivity index (χ1) is 26.2. The maximum Gasteiger partial charge on any atom is 0.251 e. The van der Waals surface area contributed by atoms with Crippen molar-refractivity contribution in [1.82, 2.24) is 20.6 Å². The number of likely N-dealkylation sites (N-methyl/N-ethyl adjacent to an activating group) is 1. The number of carbonyl (C=O) groups is 2. The van der Waals surface area contributed by atoms with Crippen LogP contribution in [0.25, 0.3) is 11.1 Å². The first-order valence-electron chi connectivity index (χ1n) is 19.8. The minimum absolute atomic E-state index is 0.0320. The van der Waals surface area contributed by atoms with Gasteiger partial charge in [-0.3, -0.25) is 14.4 Å². The molecule has 4 aliphatic rings. The summed E-state index contributed by atoms with van der Waals surface area (Å²) in [6, 6.07) is 20.6. The fraction of sp³-hybridized carbons (Fsp3) is 0.545. The van der Waals surface area contributed by atoms with E-state index in [-0.39, 0.29) is 49.0 Å². The summed E-state index contributed by atoms with van der Waals surface area (Å²) in [5.41, 5.74) is 11.1. The van der Waals surface area contributed by atoms with Crippen LogP contribution in [0.15, 0.2) is 66.7 Å². The molecule has 3 aromatic rings. The largest absolute Gasteiger partial charge is 0.496 e. The van der Waals surface area contributed by atoms with Crippen LogP contribution < -0.4 is 21.1 Å². The summed E-state index contributed by atoms with van der Waals surface area (Å²) in [6.45, 7) is 9.26. The maximum atomic E-state index is 14.3. The van der Waals surface area contributed by atoms with E-state index in [2.05, 4.69) is 48.4 Å². The number of amides is 2. The Balaban J connectivity index is 1.26. The molecule has 6 N–H and O–H groups in total. The predicted octanol–water partition coefficient (Wildman–Crippen LogP) is 4.38. The lowest BCUT2D eigenvalue weighted by Gasteiger charge is -2.62. The third-order valence-corrected chi connectivity index (χ3v) is 12.7. The zero-order valence-corrected chi connectivity index (χ0v) is 33.5. The number of para-hydroxylation sites is 1. The Labute approximate surface area is 326 Å². The fourth-order valence-corrected chi connectivity index (χ4v) is 9.70. The molecule has 2 amide bonds. The van der Waals surface area contributed by atoms with Gasteiger partial charge in [0.05, 0.1) is 26.4 Å². The lowest BCUT2D eigenvalue weighted by atomic mass is 9.45. The number of benzene rings is 3. The molecule has 3 aliphatic carbocycles. The number of aliphatic hydroxyl groups excluding tert-OH is 2. The van der Waals surface area contributed by atoms with E-state index >= 15 is 0 Å². The number of rotatable bonds is 15. The second-order valence-electron chi connectivity index (χ2n) is 17.0. The minimum atomic E-state index is -0.907. The van der Waals surface area contributed by atoms with E-state index in [0.717, 1.165) is 34.2 Å². The number of aliphatic hydroxyl groups is 2. The van der Waals surface area contributed by atoms with Crippen molar-refractivity contribution in [3.05, 3.63) is 89.0 Å². The van der Waals surface area contributed by atoms with Gasteiger partial charge in [0.15, 0.2) is 0 Å². The van der Waals surface area contributed by atoms with E-state index in [1.165, 1.54) is 6.42 Å².